The molecule has 5 nitrogen and oxygen atoms in total. The fraction of sp³-hybridized carbons (Fsp3) is 0. The first-order valence-electron chi connectivity index (χ1n) is 8.81. The molecule has 2 aromatic heterocycles. The summed E-state index contributed by atoms with van der Waals surface area (Å²) < 4.78 is 0. The van der Waals surface area contributed by atoms with Gasteiger partial charge in [-0.2, -0.15) is 0 Å². The van der Waals surface area contributed by atoms with E-state index in [1.165, 1.54) is 16.7 Å². The number of carbonyl (C=O) groups excluding carboxylic acids is 1. The lowest BCUT2D eigenvalue weighted by Gasteiger charge is -2.11. The van der Waals surface area contributed by atoms with Crippen LogP contribution in [-0.2, 0) is 0 Å². The van der Waals surface area contributed by atoms with Gasteiger partial charge in [0.25, 0.3) is 5.91 Å². The van der Waals surface area contributed by atoms with Crippen molar-refractivity contribution >= 4 is 44.1 Å². The van der Waals surface area contributed by atoms with E-state index in [1.54, 1.807) is 6.07 Å². The maximum atomic E-state index is 12.8. The predicted molar refractivity (Wildman–Crippen MR) is 114 cm³/mol. The monoisotopic (exact) mass is 384 g/mol. The number of aromatic amines is 1. The molecule has 0 radical (unpaired) electrons. The van der Waals surface area contributed by atoms with Gasteiger partial charge in [0.1, 0.15) is 5.69 Å². The van der Waals surface area contributed by atoms with E-state index in [2.05, 4.69) is 34.2 Å². The molecule has 5 aromatic rings. The van der Waals surface area contributed by atoms with Gasteiger partial charge in [-0.05, 0) is 29.0 Å². The van der Waals surface area contributed by atoms with E-state index in [0.717, 1.165) is 32.6 Å². The number of rotatable bonds is 3. The number of anilines is 1. The van der Waals surface area contributed by atoms with E-state index in [0.29, 0.717) is 10.8 Å². The Bertz CT molecular complexity index is 1290. The van der Waals surface area contributed by atoms with Crippen LogP contribution in [0.15, 0.2) is 78.2 Å². The van der Waals surface area contributed by atoms with Gasteiger partial charge >= 0.3 is 0 Å². The number of aromatic nitrogens is 2. The summed E-state index contributed by atoms with van der Waals surface area (Å²) in [6, 6.07) is 23.9. The van der Waals surface area contributed by atoms with Gasteiger partial charge in [0.15, 0.2) is 0 Å². The number of thiazole rings is 1. The van der Waals surface area contributed by atoms with Gasteiger partial charge in [-0.15, -0.1) is 11.3 Å². The molecule has 2 heterocycles. The number of hydrazine groups is 1. The SMILES string of the molecule is NN(C(=O)c1cc2ccccc2[nH]1)c1nc(-c2ccc3ccccc3c2)cs1. The first kappa shape index (κ1) is 16.7. The second kappa shape index (κ2) is 6.60. The van der Waals surface area contributed by atoms with Crippen molar-refractivity contribution in [2.45, 2.75) is 0 Å². The Morgan fingerprint density at radius 2 is 1.68 bits per heavy atom. The summed E-state index contributed by atoms with van der Waals surface area (Å²) >= 11 is 1.34. The third-order valence-electron chi connectivity index (χ3n) is 4.72. The van der Waals surface area contributed by atoms with Gasteiger partial charge in [-0.25, -0.2) is 15.8 Å². The van der Waals surface area contributed by atoms with Crippen molar-refractivity contribution in [3.63, 3.8) is 0 Å². The van der Waals surface area contributed by atoms with Crippen molar-refractivity contribution < 1.29 is 4.79 Å². The minimum absolute atomic E-state index is 0.324. The fourth-order valence-electron chi connectivity index (χ4n) is 3.26. The standard InChI is InChI=1S/C22H16N4OS/c23-26(21(27)19-12-16-7-3-4-8-18(16)24-19)22-25-20(13-28-22)17-10-9-14-5-1-2-6-15(14)11-17/h1-13,24H,23H2. The van der Waals surface area contributed by atoms with E-state index < -0.39 is 0 Å². The largest absolute Gasteiger partial charge is 0.350 e. The van der Waals surface area contributed by atoms with Crippen molar-refractivity contribution in [2.75, 3.05) is 5.01 Å². The van der Waals surface area contributed by atoms with E-state index in [1.807, 2.05) is 47.8 Å². The average Bonchev–Trinajstić information content (AvgIpc) is 3.39. The van der Waals surface area contributed by atoms with Gasteiger partial charge in [0.05, 0.1) is 5.69 Å². The van der Waals surface area contributed by atoms with Crippen LogP contribution in [0, 0.1) is 0 Å². The Balaban J connectivity index is 1.44. The molecule has 136 valence electrons. The number of amides is 1. The second-order valence-corrected chi connectivity index (χ2v) is 7.36. The van der Waals surface area contributed by atoms with Crippen LogP contribution < -0.4 is 10.9 Å². The highest BCUT2D eigenvalue weighted by Gasteiger charge is 2.20. The van der Waals surface area contributed by atoms with E-state index in [9.17, 15) is 4.79 Å². The van der Waals surface area contributed by atoms with Crippen molar-refractivity contribution in [2.24, 2.45) is 5.84 Å². The average molecular weight is 384 g/mol. The number of fused-ring (bicyclic) bond motifs is 2. The minimum atomic E-state index is -0.324. The maximum Gasteiger partial charge on any atom is 0.290 e. The van der Waals surface area contributed by atoms with Crippen molar-refractivity contribution in [1.82, 2.24) is 9.97 Å². The second-order valence-electron chi connectivity index (χ2n) is 6.52. The molecule has 3 aromatic carbocycles. The first-order valence-corrected chi connectivity index (χ1v) is 9.68. The topological polar surface area (TPSA) is 75.0 Å². The number of nitrogens with one attached hydrogen (secondary N) is 1. The quantitative estimate of drug-likeness (QED) is 0.262. The van der Waals surface area contributed by atoms with Crippen molar-refractivity contribution in [3.05, 3.63) is 83.9 Å². The highest BCUT2D eigenvalue weighted by Crippen LogP contribution is 2.29. The summed E-state index contributed by atoms with van der Waals surface area (Å²) in [7, 11) is 0. The number of hydrogen-bond acceptors (Lipinski definition) is 4. The Morgan fingerprint density at radius 1 is 0.929 bits per heavy atom. The van der Waals surface area contributed by atoms with Gasteiger partial charge in [0.2, 0.25) is 5.13 Å². The van der Waals surface area contributed by atoms with E-state index >= 15 is 0 Å². The smallest absolute Gasteiger partial charge is 0.290 e. The molecule has 0 atom stereocenters. The molecule has 0 saturated carbocycles. The zero-order valence-corrected chi connectivity index (χ0v) is 15.6. The Morgan fingerprint density at radius 3 is 2.50 bits per heavy atom. The Labute approximate surface area is 165 Å². The molecule has 0 aliphatic carbocycles. The van der Waals surface area contributed by atoms with Crippen LogP contribution in [0.5, 0.6) is 0 Å². The molecule has 3 N–H and O–H groups in total. The summed E-state index contributed by atoms with van der Waals surface area (Å²) in [5, 5.41) is 6.75. The van der Waals surface area contributed by atoms with Crippen molar-refractivity contribution in [1.29, 1.82) is 0 Å². The van der Waals surface area contributed by atoms with Crippen LogP contribution in [0.25, 0.3) is 32.9 Å². The first-order chi connectivity index (χ1) is 13.7. The molecular formula is C22H16N4OS. The lowest BCUT2D eigenvalue weighted by Crippen LogP contribution is -2.37. The number of para-hydroxylation sites is 1. The Kier molecular flexibility index (Phi) is 3.93. The van der Waals surface area contributed by atoms with Crippen LogP contribution in [0.4, 0.5) is 5.13 Å². The zero-order chi connectivity index (χ0) is 19.1. The molecule has 0 aliphatic heterocycles. The summed E-state index contributed by atoms with van der Waals surface area (Å²) in [6.07, 6.45) is 0. The number of nitrogens with two attached hydrogens (primary N) is 1. The zero-order valence-electron chi connectivity index (χ0n) is 14.8. The normalized spacial score (nSPS) is 11.2. The molecule has 0 fully saturated rings. The third-order valence-corrected chi connectivity index (χ3v) is 5.56. The minimum Gasteiger partial charge on any atom is -0.350 e. The molecular weight excluding hydrogens is 368 g/mol. The molecule has 5 rings (SSSR count). The van der Waals surface area contributed by atoms with Crippen LogP contribution >= 0.6 is 11.3 Å². The number of nitrogens with zero attached hydrogens (tertiary/aromatic N) is 2. The molecule has 0 saturated heterocycles. The van der Waals surface area contributed by atoms with Gasteiger partial charge < -0.3 is 4.98 Å². The van der Waals surface area contributed by atoms with Crippen LogP contribution in [0.1, 0.15) is 10.5 Å². The third kappa shape index (κ3) is 2.85. The molecule has 0 spiro atoms. The lowest BCUT2D eigenvalue weighted by molar-refractivity contribution is 0.0983. The van der Waals surface area contributed by atoms with Gasteiger partial charge in [-0.3, -0.25) is 4.79 Å². The van der Waals surface area contributed by atoms with Gasteiger partial charge in [-0.1, -0.05) is 54.6 Å². The van der Waals surface area contributed by atoms with Crippen molar-refractivity contribution in [3.8, 4) is 11.3 Å². The summed E-state index contributed by atoms with van der Waals surface area (Å²) in [6.45, 7) is 0. The molecule has 0 aliphatic rings. The van der Waals surface area contributed by atoms with Crippen LogP contribution in [0.2, 0.25) is 0 Å². The number of hydrogen-bond donors (Lipinski definition) is 2. The van der Waals surface area contributed by atoms with Crippen LogP contribution in [0.3, 0.4) is 0 Å². The summed E-state index contributed by atoms with van der Waals surface area (Å²) in [5.41, 5.74) is 3.12. The fourth-order valence-corrected chi connectivity index (χ4v) is 4.01. The van der Waals surface area contributed by atoms with Crippen LogP contribution in [-0.4, -0.2) is 15.9 Å². The highest BCUT2D eigenvalue weighted by molar-refractivity contribution is 7.14. The molecule has 1 amide bonds. The van der Waals surface area contributed by atoms with Gasteiger partial charge in [0, 0.05) is 21.8 Å². The maximum absolute atomic E-state index is 12.8. The summed E-state index contributed by atoms with van der Waals surface area (Å²) in [5.74, 6) is 5.76. The Hall–Kier alpha value is -3.48. The molecule has 28 heavy (non-hydrogen) atoms. The number of carbonyl (C=O) groups is 1. The predicted octanol–water partition coefficient (Wildman–Crippen LogP) is 4.97. The molecule has 0 unspecified atom stereocenters. The molecule has 0 bridgehead atoms. The lowest BCUT2D eigenvalue weighted by atomic mass is 10.1. The number of benzene rings is 3. The van der Waals surface area contributed by atoms with E-state index in [-0.39, 0.29) is 5.91 Å². The summed E-state index contributed by atoms with van der Waals surface area (Å²) in [4.78, 5) is 20.5. The highest BCUT2D eigenvalue weighted by atomic mass is 32.1. The number of H-pyrrole nitrogens is 1. The molecule has 6 heteroatoms. The van der Waals surface area contributed by atoms with E-state index in [4.69, 9.17) is 5.84 Å².